The van der Waals surface area contributed by atoms with E-state index in [2.05, 4.69) is 19.7 Å². The molecular formula is C13H20N6O2S. The Hall–Kier alpha value is -2.00. The second kappa shape index (κ2) is 6.41. The third kappa shape index (κ3) is 3.60. The van der Waals surface area contributed by atoms with E-state index in [0.717, 1.165) is 0 Å². The van der Waals surface area contributed by atoms with Crippen LogP contribution in [0.5, 0.6) is 0 Å². The van der Waals surface area contributed by atoms with Gasteiger partial charge in [0.15, 0.2) is 5.03 Å². The minimum absolute atomic E-state index is 0.0220. The Labute approximate surface area is 130 Å². The van der Waals surface area contributed by atoms with Crippen LogP contribution in [0.1, 0.15) is 18.4 Å². The molecule has 2 aromatic rings. The highest BCUT2D eigenvalue weighted by molar-refractivity contribution is 7.89. The van der Waals surface area contributed by atoms with Gasteiger partial charge in [0.1, 0.15) is 5.82 Å². The molecule has 0 fully saturated rings. The zero-order valence-corrected chi connectivity index (χ0v) is 13.9. The van der Waals surface area contributed by atoms with Gasteiger partial charge in [0.25, 0.3) is 10.0 Å². The summed E-state index contributed by atoms with van der Waals surface area (Å²) in [5.41, 5.74) is 0.592. The zero-order chi connectivity index (χ0) is 16.3. The van der Waals surface area contributed by atoms with Crippen molar-refractivity contribution in [2.24, 2.45) is 0 Å². The molecule has 8 nitrogen and oxygen atoms in total. The van der Waals surface area contributed by atoms with Gasteiger partial charge in [-0.2, -0.15) is 0 Å². The molecule has 2 heterocycles. The SMILES string of the molecule is CCn1cc(S(=O)(=O)NCc2ccnc(N(C)C)n2)nc1C. The predicted molar refractivity (Wildman–Crippen MR) is 83.0 cm³/mol. The fraction of sp³-hybridized carbons (Fsp3) is 0.462. The number of rotatable bonds is 6. The molecule has 0 saturated carbocycles. The molecular weight excluding hydrogens is 304 g/mol. The maximum absolute atomic E-state index is 12.3. The van der Waals surface area contributed by atoms with Crippen molar-refractivity contribution in [1.29, 1.82) is 0 Å². The van der Waals surface area contributed by atoms with Gasteiger partial charge in [0, 0.05) is 33.0 Å². The molecule has 0 spiro atoms. The monoisotopic (exact) mass is 324 g/mol. The normalized spacial score (nSPS) is 11.6. The minimum Gasteiger partial charge on any atom is -0.347 e. The Kier molecular flexibility index (Phi) is 4.77. The summed E-state index contributed by atoms with van der Waals surface area (Å²) in [6, 6.07) is 1.67. The van der Waals surface area contributed by atoms with Crippen LogP contribution in [0.2, 0.25) is 0 Å². The fourth-order valence-corrected chi connectivity index (χ4v) is 2.87. The molecule has 0 aliphatic rings. The summed E-state index contributed by atoms with van der Waals surface area (Å²) in [7, 11) is -0.0136. The summed E-state index contributed by atoms with van der Waals surface area (Å²) in [5.74, 6) is 1.20. The van der Waals surface area contributed by atoms with Crippen LogP contribution in [-0.4, -0.2) is 42.0 Å². The average molecular weight is 324 g/mol. The first-order chi connectivity index (χ1) is 10.3. The van der Waals surface area contributed by atoms with E-state index in [1.807, 2.05) is 21.0 Å². The van der Waals surface area contributed by atoms with Crippen LogP contribution >= 0.6 is 0 Å². The van der Waals surface area contributed by atoms with E-state index in [4.69, 9.17) is 0 Å². The van der Waals surface area contributed by atoms with Gasteiger partial charge < -0.3 is 9.47 Å². The molecule has 0 atom stereocenters. The van der Waals surface area contributed by atoms with Crippen molar-refractivity contribution in [2.45, 2.75) is 32.0 Å². The number of aromatic nitrogens is 4. The molecule has 0 aromatic carbocycles. The molecule has 2 rings (SSSR count). The Morgan fingerprint density at radius 2 is 2.05 bits per heavy atom. The fourth-order valence-electron chi connectivity index (χ4n) is 1.87. The van der Waals surface area contributed by atoms with E-state index < -0.39 is 10.0 Å². The number of hydrogen-bond acceptors (Lipinski definition) is 6. The molecule has 0 unspecified atom stereocenters. The smallest absolute Gasteiger partial charge is 0.259 e. The van der Waals surface area contributed by atoms with Crippen molar-refractivity contribution >= 4 is 16.0 Å². The largest absolute Gasteiger partial charge is 0.347 e. The van der Waals surface area contributed by atoms with Crippen molar-refractivity contribution in [3.8, 4) is 0 Å². The maximum Gasteiger partial charge on any atom is 0.259 e. The summed E-state index contributed by atoms with van der Waals surface area (Å²) in [5, 5.41) is 0.0220. The van der Waals surface area contributed by atoms with Crippen LogP contribution in [0.4, 0.5) is 5.95 Å². The standard InChI is InChI=1S/C13H20N6O2S/c1-5-19-9-12(16-10(19)2)22(20,21)15-8-11-6-7-14-13(17-11)18(3)4/h6-7,9,15H,5,8H2,1-4H3. The number of aryl methyl sites for hydroxylation is 2. The second-order valence-corrected chi connectivity index (χ2v) is 6.69. The molecule has 22 heavy (non-hydrogen) atoms. The van der Waals surface area contributed by atoms with Crippen molar-refractivity contribution in [3.63, 3.8) is 0 Å². The molecule has 0 amide bonds. The van der Waals surface area contributed by atoms with E-state index in [0.29, 0.717) is 24.0 Å². The quantitative estimate of drug-likeness (QED) is 0.834. The first kappa shape index (κ1) is 16.4. The number of imidazole rings is 1. The Morgan fingerprint density at radius 3 is 2.64 bits per heavy atom. The Balaban J connectivity index is 2.14. The van der Waals surface area contributed by atoms with Crippen LogP contribution in [0.15, 0.2) is 23.5 Å². The van der Waals surface area contributed by atoms with Crippen LogP contribution in [0.25, 0.3) is 0 Å². The predicted octanol–water partition coefficient (Wildman–Crippen LogP) is 0.546. The summed E-state index contributed by atoms with van der Waals surface area (Å²) in [4.78, 5) is 14.2. The summed E-state index contributed by atoms with van der Waals surface area (Å²) >= 11 is 0. The molecule has 0 saturated heterocycles. The molecule has 0 radical (unpaired) electrons. The summed E-state index contributed by atoms with van der Waals surface area (Å²) < 4.78 is 28.8. The van der Waals surface area contributed by atoms with Gasteiger partial charge in [-0.3, -0.25) is 0 Å². The van der Waals surface area contributed by atoms with E-state index in [9.17, 15) is 8.42 Å². The molecule has 2 aromatic heterocycles. The van der Waals surface area contributed by atoms with Gasteiger partial charge in [0.2, 0.25) is 5.95 Å². The first-order valence-corrected chi connectivity index (χ1v) is 8.34. The number of nitrogens with one attached hydrogen (secondary N) is 1. The third-order valence-corrected chi connectivity index (χ3v) is 4.39. The molecule has 0 aliphatic carbocycles. The molecule has 9 heteroatoms. The number of nitrogens with zero attached hydrogens (tertiary/aromatic N) is 5. The number of hydrogen-bond donors (Lipinski definition) is 1. The van der Waals surface area contributed by atoms with Gasteiger partial charge in [0.05, 0.1) is 12.2 Å². The van der Waals surface area contributed by atoms with Crippen LogP contribution in [0.3, 0.4) is 0 Å². The average Bonchev–Trinajstić information content (AvgIpc) is 2.87. The summed E-state index contributed by atoms with van der Waals surface area (Å²) in [6.45, 7) is 4.47. The van der Waals surface area contributed by atoms with Gasteiger partial charge in [-0.25, -0.2) is 28.1 Å². The van der Waals surface area contributed by atoms with E-state index in [1.54, 1.807) is 28.7 Å². The second-order valence-electron chi connectivity index (χ2n) is 4.98. The lowest BCUT2D eigenvalue weighted by Crippen LogP contribution is -2.24. The first-order valence-electron chi connectivity index (χ1n) is 6.86. The number of sulfonamides is 1. The molecule has 0 aliphatic heterocycles. The van der Waals surface area contributed by atoms with Crippen LogP contribution in [0, 0.1) is 6.92 Å². The van der Waals surface area contributed by atoms with Gasteiger partial charge >= 0.3 is 0 Å². The molecule has 120 valence electrons. The maximum atomic E-state index is 12.3. The Bertz CT molecular complexity index is 754. The van der Waals surface area contributed by atoms with Crippen molar-refractivity contribution in [3.05, 3.63) is 30.0 Å². The van der Waals surface area contributed by atoms with Crippen molar-refractivity contribution in [2.75, 3.05) is 19.0 Å². The van der Waals surface area contributed by atoms with E-state index in [-0.39, 0.29) is 11.6 Å². The summed E-state index contributed by atoms with van der Waals surface area (Å²) in [6.07, 6.45) is 3.13. The lowest BCUT2D eigenvalue weighted by Gasteiger charge is -2.10. The van der Waals surface area contributed by atoms with Crippen molar-refractivity contribution in [1.82, 2.24) is 24.2 Å². The minimum atomic E-state index is -3.66. The van der Waals surface area contributed by atoms with E-state index >= 15 is 0 Å². The highest BCUT2D eigenvalue weighted by Crippen LogP contribution is 2.10. The molecule has 1 N–H and O–H groups in total. The van der Waals surface area contributed by atoms with Gasteiger partial charge in [-0.15, -0.1) is 0 Å². The van der Waals surface area contributed by atoms with Gasteiger partial charge in [-0.05, 0) is 19.9 Å². The Morgan fingerprint density at radius 1 is 1.32 bits per heavy atom. The molecule has 0 bridgehead atoms. The topological polar surface area (TPSA) is 93.0 Å². The van der Waals surface area contributed by atoms with Gasteiger partial charge in [-0.1, -0.05) is 0 Å². The highest BCUT2D eigenvalue weighted by Gasteiger charge is 2.19. The van der Waals surface area contributed by atoms with Crippen LogP contribution in [-0.2, 0) is 23.1 Å². The lowest BCUT2D eigenvalue weighted by molar-refractivity contribution is 0.576. The highest BCUT2D eigenvalue weighted by atomic mass is 32.2. The number of anilines is 1. The van der Waals surface area contributed by atoms with Crippen molar-refractivity contribution < 1.29 is 8.42 Å². The lowest BCUT2D eigenvalue weighted by atomic mass is 10.4. The van der Waals surface area contributed by atoms with Crippen LogP contribution < -0.4 is 9.62 Å². The zero-order valence-electron chi connectivity index (χ0n) is 13.1. The third-order valence-electron chi connectivity index (χ3n) is 3.11. The van der Waals surface area contributed by atoms with E-state index in [1.165, 1.54) is 6.20 Å².